The van der Waals surface area contributed by atoms with Crippen LogP contribution in [0.1, 0.15) is 23.7 Å². The molecule has 0 bridgehead atoms. The molecular weight excluding hydrogens is 308 g/mol. The number of aryl methyl sites for hydroxylation is 1. The van der Waals surface area contributed by atoms with Crippen LogP contribution < -0.4 is 5.32 Å². The Morgan fingerprint density at radius 1 is 1.33 bits per heavy atom. The summed E-state index contributed by atoms with van der Waals surface area (Å²) in [5.41, 5.74) is 2.87. The lowest BCUT2D eigenvalue weighted by Crippen LogP contribution is -2.09. The zero-order valence-electron chi connectivity index (χ0n) is 11.5. The third-order valence-electron chi connectivity index (χ3n) is 3.65. The Labute approximate surface area is 129 Å². The van der Waals surface area contributed by atoms with Gasteiger partial charge in [0.25, 0.3) is 0 Å². The maximum absolute atomic E-state index is 11.6. The molecular formula is C15H15ClN2O2S. The van der Waals surface area contributed by atoms with Crippen LogP contribution >= 0.6 is 11.6 Å². The van der Waals surface area contributed by atoms with Gasteiger partial charge < -0.3 is 5.32 Å². The van der Waals surface area contributed by atoms with Gasteiger partial charge in [-0.15, -0.1) is 0 Å². The molecule has 0 fully saturated rings. The molecule has 110 valence electrons. The number of nitrogens with one attached hydrogen (secondary N) is 1. The highest BCUT2D eigenvalue weighted by Crippen LogP contribution is 2.35. The molecule has 1 N–H and O–H groups in total. The maximum Gasteiger partial charge on any atom is 0.175 e. The van der Waals surface area contributed by atoms with E-state index in [1.165, 1.54) is 17.9 Å². The monoisotopic (exact) mass is 322 g/mol. The van der Waals surface area contributed by atoms with Gasteiger partial charge in [0, 0.05) is 12.5 Å². The van der Waals surface area contributed by atoms with Crippen molar-refractivity contribution in [3.63, 3.8) is 0 Å². The highest BCUT2D eigenvalue weighted by atomic mass is 35.5. The Morgan fingerprint density at radius 2 is 2.14 bits per heavy atom. The number of hydrogen-bond acceptors (Lipinski definition) is 4. The molecule has 0 amide bonds. The topological polar surface area (TPSA) is 59.1 Å². The van der Waals surface area contributed by atoms with Gasteiger partial charge in [-0.25, -0.2) is 8.42 Å². The van der Waals surface area contributed by atoms with E-state index in [0.717, 1.165) is 18.5 Å². The molecule has 4 nitrogen and oxygen atoms in total. The summed E-state index contributed by atoms with van der Waals surface area (Å²) in [7, 11) is -3.25. The molecule has 1 aliphatic carbocycles. The zero-order valence-corrected chi connectivity index (χ0v) is 13.1. The van der Waals surface area contributed by atoms with Crippen molar-refractivity contribution in [2.75, 3.05) is 11.6 Å². The van der Waals surface area contributed by atoms with Gasteiger partial charge in [-0.05, 0) is 42.7 Å². The van der Waals surface area contributed by atoms with Crippen LogP contribution in [0.5, 0.6) is 0 Å². The van der Waals surface area contributed by atoms with Crippen molar-refractivity contribution in [1.82, 2.24) is 4.98 Å². The van der Waals surface area contributed by atoms with Gasteiger partial charge >= 0.3 is 0 Å². The number of pyridine rings is 1. The molecule has 3 rings (SSSR count). The van der Waals surface area contributed by atoms with Crippen molar-refractivity contribution >= 4 is 27.1 Å². The second-order valence-corrected chi connectivity index (χ2v) is 7.62. The smallest absolute Gasteiger partial charge is 0.175 e. The molecule has 1 aliphatic rings. The van der Waals surface area contributed by atoms with Gasteiger partial charge in [-0.2, -0.15) is 0 Å². The first kappa shape index (κ1) is 14.4. The molecule has 1 unspecified atom stereocenters. The van der Waals surface area contributed by atoms with Crippen LogP contribution in [-0.2, 0) is 16.3 Å². The minimum atomic E-state index is -3.25. The van der Waals surface area contributed by atoms with Crippen LogP contribution in [0.15, 0.2) is 41.4 Å². The standard InChI is InChI=1S/C15H15ClN2O2S/c1-21(19,20)11-5-6-12(16)14(9-11)18-13-7-4-10-3-2-8-17-15(10)13/h2-3,5-6,8-9,13,18H,4,7H2,1H3. The number of nitrogens with zero attached hydrogens (tertiary/aromatic N) is 1. The number of fused-ring (bicyclic) bond motifs is 1. The minimum Gasteiger partial charge on any atom is -0.375 e. The van der Waals surface area contributed by atoms with E-state index in [4.69, 9.17) is 11.6 Å². The number of aromatic nitrogens is 1. The Morgan fingerprint density at radius 3 is 2.90 bits per heavy atom. The third kappa shape index (κ3) is 2.89. The Hall–Kier alpha value is -1.59. The lowest BCUT2D eigenvalue weighted by Gasteiger charge is -2.16. The molecule has 0 saturated carbocycles. The second-order valence-electron chi connectivity index (χ2n) is 5.20. The average molecular weight is 323 g/mol. The summed E-state index contributed by atoms with van der Waals surface area (Å²) >= 11 is 6.17. The van der Waals surface area contributed by atoms with Crippen LogP contribution in [0.3, 0.4) is 0 Å². The molecule has 0 spiro atoms. The van der Waals surface area contributed by atoms with E-state index in [0.29, 0.717) is 10.7 Å². The molecule has 0 saturated heterocycles. The lowest BCUT2D eigenvalue weighted by molar-refractivity contribution is 0.602. The minimum absolute atomic E-state index is 0.0634. The normalized spacial score (nSPS) is 17.5. The number of hydrogen-bond donors (Lipinski definition) is 1. The zero-order chi connectivity index (χ0) is 15.0. The van der Waals surface area contributed by atoms with Crippen LogP contribution in [-0.4, -0.2) is 19.7 Å². The number of benzene rings is 1. The van der Waals surface area contributed by atoms with Gasteiger partial charge in [0.2, 0.25) is 0 Å². The van der Waals surface area contributed by atoms with Crippen LogP contribution in [0.2, 0.25) is 5.02 Å². The van der Waals surface area contributed by atoms with E-state index in [-0.39, 0.29) is 10.9 Å². The Kier molecular flexibility index (Phi) is 3.63. The Bertz CT molecular complexity index is 790. The third-order valence-corrected chi connectivity index (χ3v) is 5.09. The Balaban J connectivity index is 1.93. The van der Waals surface area contributed by atoms with Crippen molar-refractivity contribution in [2.24, 2.45) is 0 Å². The van der Waals surface area contributed by atoms with Crippen molar-refractivity contribution in [3.8, 4) is 0 Å². The molecule has 0 aliphatic heterocycles. The van der Waals surface area contributed by atoms with E-state index in [9.17, 15) is 8.42 Å². The summed E-state index contributed by atoms with van der Waals surface area (Å²) in [5, 5.41) is 3.83. The fourth-order valence-electron chi connectivity index (χ4n) is 2.59. The van der Waals surface area contributed by atoms with Crippen molar-refractivity contribution in [2.45, 2.75) is 23.8 Å². The predicted molar refractivity (Wildman–Crippen MR) is 83.5 cm³/mol. The average Bonchev–Trinajstić information content (AvgIpc) is 2.83. The summed E-state index contributed by atoms with van der Waals surface area (Å²) in [5.74, 6) is 0. The first-order valence-electron chi connectivity index (χ1n) is 6.65. The number of anilines is 1. The number of sulfone groups is 1. The van der Waals surface area contributed by atoms with Crippen LogP contribution in [0, 0.1) is 0 Å². The first-order valence-corrected chi connectivity index (χ1v) is 8.92. The van der Waals surface area contributed by atoms with E-state index >= 15 is 0 Å². The van der Waals surface area contributed by atoms with E-state index < -0.39 is 9.84 Å². The fraction of sp³-hybridized carbons (Fsp3) is 0.267. The van der Waals surface area contributed by atoms with Crippen molar-refractivity contribution in [1.29, 1.82) is 0 Å². The van der Waals surface area contributed by atoms with Crippen LogP contribution in [0.25, 0.3) is 0 Å². The summed E-state index contributed by atoms with van der Waals surface area (Å²) in [6.45, 7) is 0. The second kappa shape index (κ2) is 5.31. The molecule has 1 aromatic carbocycles. The SMILES string of the molecule is CS(=O)(=O)c1ccc(Cl)c(NC2CCc3cccnc32)c1. The van der Waals surface area contributed by atoms with E-state index in [2.05, 4.69) is 16.4 Å². The lowest BCUT2D eigenvalue weighted by atomic mass is 10.2. The van der Waals surface area contributed by atoms with Gasteiger partial charge in [-0.3, -0.25) is 4.98 Å². The van der Waals surface area contributed by atoms with Gasteiger partial charge in [0.1, 0.15) is 0 Å². The summed E-state index contributed by atoms with van der Waals surface area (Å²) < 4.78 is 23.3. The first-order chi connectivity index (χ1) is 9.95. The molecule has 1 aromatic heterocycles. The van der Waals surface area contributed by atoms with Crippen molar-refractivity contribution < 1.29 is 8.42 Å². The van der Waals surface area contributed by atoms with Crippen molar-refractivity contribution in [3.05, 3.63) is 52.8 Å². The maximum atomic E-state index is 11.6. The van der Waals surface area contributed by atoms with Crippen LogP contribution in [0.4, 0.5) is 5.69 Å². The van der Waals surface area contributed by atoms with Gasteiger partial charge in [0.05, 0.1) is 27.3 Å². The summed E-state index contributed by atoms with van der Waals surface area (Å²) in [6.07, 6.45) is 4.84. The predicted octanol–water partition coefficient (Wildman–Crippen LogP) is 3.24. The summed E-state index contributed by atoms with van der Waals surface area (Å²) in [4.78, 5) is 4.67. The highest BCUT2D eigenvalue weighted by molar-refractivity contribution is 7.90. The molecule has 21 heavy (non-hydrogen) atoms. The fourth-order valence-corrected chi connectivity index (χ4v) is 3.41. The largest absolute Gasteiger partial charge is 0.375 e. The molecule has 1 heterocycles. The molecule has 0 radical (unpaired) electrons. The van der Waals surface area contributed by atoms with Gasteiger partial charge in [0.15, 0.2) is 9.84 Å². The van der Waals surface area contributed by atoms with Gasteiger partial charge in [-0.1, -0.05) is 17.7 Å². The quantitative estimate of drug-likeness (QED) is 0.942. The number of halogens is 1. The van der Waals surface area contributed by atoms with E-state index in [1.807, 2.05) is 6.07 Å². The molecule has 1 atom stereocenters. The van der Waals surface area contributed by atoms with E-state index in [1.54, 1.807) is 18.3 Å². The number of rotatable bonds is 3. The summed E-state index contributed by atoms with van der Waals surface area (Å²) in [6, 6.07) is 8.77. The highest BCUT2D eigenvalue weighted by Gasteiger charge is 2.24. The molecule has 6 heteroatoms. The molecule has 2 aromatic rings.